The van der Waals surface area contributed by atoms with E-state index in [1.807, 2.05) is 0 Å². The van der Waals surface area contributed by atoms with Gasteiger partial charge in [0, 0.05) is 48.1 Å². The Labute approximate surface area is 290 Å². The highest BCUT2D eigenvalue weighted by molar-refractivity contribution is 6.31. The highest BCUT2D eigenvalue weighted by atomic mass is 16.7. The zero-order valence-corrected chi connectivity index (χ0v) is 27.4. The number of aliphatic hydroxyl groups excluding tert-OH is 1. The molecule has 0 radical (unpaired) electrons. The molecule has 3 aliphatic rings. The molecule has 15 heteroatoms. The lowest BCUT2D eigenvalue weighted by Crippen LogP contribution is -2.53. The summed E-state index contributed by atoms with van der Waals surface area (Å²) in [6, 6.07) is 7.29. The van der Waals surface area contributed by atoms with Crippen LogP contribution in [-0.2, 0) is 30.2 Å². The average Bonchev–Trinajstić information content (AvgIpc) is 3.09. The SMILES string of the molecule is COc1cccc2c1C(=O)c1c(O)c3c(c(O)c1C2=O)C[C@@](O)(C(=O)COC(=O)/C=C/c1ccc(O)c(O)c1)C[C@@H]3O[C@H]1C[C@H](N)[C@H](O)[C@H](C)O1. The summed E-state index contributed by atoms with van der Waals surface area (Å²) in [6.07, 6.45) is -3.54. The number of aromatic hydroxyl groups is 4. The molecule has 1 aliphatic heterocycles. The number of esters is 1. The number of fused-ring (bicyclic) bond motifs is 3. The van der Waals surface area contributed by atoms with Crippen molar-refractivity contribution in [3.8, 4) is 28.7 Å². The molecule has 1 saturated heterocycles. The molecule has 0 unspecified atom stereocenters. The van der Waals surface area contributed by atoms with E-state index in [9.17, 15) is 49.8 Å². The molecule has 6 atom stereocenters. The Morgan fingerprint density at radius 2 is 1.75 bits per heavy atom. The molecule has 15 nitrogen and oxygen atoms in total. The van der Waals surface area contributed by atoms with Gasteiger partial charge in [0.25, 0.3) is 0 Å². The highest BCUT2D eigenvalue weighted by Crippen LogP contribution is 2.52. The third-order valence-corrected chi connectivity index (χ3v) is 9.42. The second-order valence-corrected chi connectivity index (χ2v) is 12.7. The molecule has 0 amide bonds. The van der Waals surface area contributed by atoms with E-state index < -0.39 is 107 Å². The van der Waals surface area contributed by atoms with Crippen LogP contribution in [0.1, 0.15) is 74.4 Å². The van der Waals surface area contributed by atoms with Crippen molar-refractivity contribution < 1.29 is 68.8 Å². The van der Waals surface area contributed by atoms with Crippen LogP contribution in [0.15, 0.2) is 42.5 Å². The summed E-state index contributed by atoms with van der Waals surface area (Å²) in [7, 11) is 1.30. The largest absolute Gasteiger partial charge is 0.507 e. The van der Waals surface area contributed by atoms with Gasteiger partial charge in [0.15, 0.2) is 30.2 Å². The van der Waals surface area contributed by atoms with Crippen LogP contribution in [0, 0.1) is 0 Å². The molecule has 3 aromatic carbocycles. The molecule has 6 rings (SSSR count). The van der Waals surface area contributed by atoms with Gasteiger partial charge in [0.2, 0.25) is 11.6 Å². The van der Waals surface area contributed by atoms with E-state index in [0.717, 1.165) is 6.08 Å². The summed E-state index contributed by atoms with van der Waals surface area (Å²) in [4.78, 5) is 53.7. The van der Waals surface area contributed by atoms with Crippen molar-refractivity contribution in [3.63, 3.8) is 0 Å². The number of phenolic OH excluding ortho intramolecular Hbond substituents is 4. The van der Waals surface area contributed by atoms with Crippen LogP contribution < -0.4 is 10.5 Å². The topological polar surface area (TPSA) is 253 Å². The number of carbonyl (C=O) groups excluding carboxylic acids is 4. The number of aliphatic hydroxyl groups is 2. The molecule has 268 valence electrons. The number of hydrogen-bond donors (Lipinski definition) is 7. The Morgan fingerprint density at radius 1 is 1.02 bits per heavy atom. The molecule has 0 saturated carbocycles. The predicted octanol–water partition coefficient (Wildman–Crippen LogP) is 1.68. The summed E-state index contributed by atoms with van der Waals surface area (Å²) in [6.45, 7) is 0.607. The van der Waals surface area contributed by atoms with Gasteiger partial charge in [-0.3, -0.25) is 14.4 Å². The minimum absolute atomic E-state index is 0.0495. The molecule has 0 spiro atoms. The number of hydrogen-bond acceptors (Lipinski definition) is 15. The zero-order chi connectivity index (χ0) is 36.9. The zero-order valence-electron chi connectivity index (χ0n) is 27.4. The molecule has 3 aromatic rings. The first kappa shape index (κ1) is 35.5. The Balaban J connectivity index is 1.35. The summed E-state index contributed by atoms with van der Waals surface area (Å²) >= 11 is 0. The van der Waals surface area contributed by atoms with Crippen molar-refractivity contribution >= 4 is 29.4 Å². The number of benzene rings is 3. The van der Waals surface area contributed by atoms with Gasteiger partial charge < -0.3 is 55.3 Å². The van der Waals surface area contributed by atoms with Crippen LogP contribution in [0.3, 0.4) is 0 Å². The molecular weight excluding hydrogens is 670 g/mol. The smallest absolute Gasteiger partial charge is 0.331 e. The Morgan fingerprint density at radius 3 is 2.43 bits per heavy atom. The summed E-state index contributed by atoms with van der Waals surface area (Å²) < 4.78 is 22.3. The van der Waals surface area contributed by atoms with E-state index >= 15 is 0 Å². The fourth-order valence-electron chi connectivity index (χ4n) is 6.73. The summed E-state index contributed by atoms with van der Waals surface area (Å²) in [5.74, 6) is -5.88. The van der Waals surface area contributed by atoms with Crippen molar-refractivity contribution in [3.05, 3.63) is 81.4 Å². The molecule has 8 N–H and O–H groups in total. The number of Topliss-reactive ketones (excluding diaryl/α,β-unsaturated/α-hetero) is 1. The van der Waals surface area contributed by atoms with E-state index in [0.29, 0.717) is 5.56 Å². The maximum absolute atomic E-state index is 13.9. The lowest BCUT2D eigenvalue weighted by molar-refractivity contribution is -0.247. The van der Waals surface area contributed by atoms with Gasteiger partial charge in [-0.2, -0.15) is 0 Å². The number of ether oxygens (including phenoxy) is 4. The number of carbonyl (C=O) groups is 4. The number of rotatable bonds is 8. The monoisotopic (exact) mass is 705 g/mol. The third-order valence-electron chi connectivity index (χ3n) is 9.42. The minimum atomic E-state index is -2.41. The van der Waals surface area contributed by atoms with Crippen LogP contribution in [0.2, 0.25) is 0 Å². The van der Waals surface area contributed by atoms with Gasteiger partial charge in [0.1, 0.15) is 22.8 Å². The Kier molecular flexibility index (Phi) is 9.35. The van der Waals surface area contributed by atoms with Crippen molar-refractivity contribution in [2.45, 2.75) is 62.4 Å². The van der Waals surface area contributed by atoms with Crippen LogP contribution in [-0.4, -0.2) is 97.8 Å². The normalized spacial score (nSPS) is 25.5. The second-order valence-electron chi connectivity index (χ2n) is 12.7. The lowest BCUT2D eigenvalue weighted by atomic mass is 9.72. The first-order valence-electron chi connectivity index (χ1n) is 15.9. The van der Waals surface area contributed by atoms with Crippen molar-refractivity contribution in [2.24, 2.45) is 5.73 Å². The number of methoxy groups -OCH3 is 1. The van der Waals surface area contributed by atoms with Crippen molar-refractivity contribution in [1.29, 1.82) is 0 Å². The molecule has 51 heavy (non-hydrogen) atoms. The van der Waals surface area contributed by atoms with Crippen molar-refractivity contribution in [1.82, 2.24) is 0 Å². The van der Waals surface area contributed by atoms with Crippen LogP contribution in [0.5, 0.6) is 28.7 Å². The third kappa shape index (κ3) is 6.30. The van der Waals surface area contributed by atoms with Crippen LogP contribution in [0.4, 0.5) is 0 Å². The van der Waals surface area contributed by atoms with E-state index in [-0.39, 0.29) is 40.2 Å². The van der Waals surface area contributed by atoms with Gasteiger partial charge in [-0.15, -0.1) is 0 Å². The maximum Gasteiger partial charge on any atom is 0.331 e. The van der Waals surface area contributed by atoms with E-state index in [1.54, 1.807) is 6.92 Å². The molecule has 1 heterocycles. The fraction of sp³-hybridized carbons (Fsp3) is 0.333. The number of phenols is 4. The maximum atomic E-state index is 13.9. The second kappa shape index (κ2) is 13.4. The lowest BCUT2D eigenvalue weighted by Gasteiger charge is -2.42. The van der Waals surface area contributed by atoms with Crippen LogP contribution >= 0.6 is 0 Å². The van der Waals surface area contributed by atoms with Crippen molar-refractivity contribution in [2.75, 3.05) is 13.7 Å². The molecule has 0 bridgehead atoms. The van der Waals surface area contributed by atoms with Gasteiger partial charge >= 0.3 is 5.97 Å². The van der Waals surface area contributed by atoms with Gasteiger partial charge in [-0.25, -0.2) is 4.79 Å². The molecule has 2 aliphatic carbocycles. The quantitative estimate of drug-likeness (QED) is 0.0596. The van der Waals surface area contributed by atoms with Gasteiger partial charge in [0.05, 0.1) is 42.1 Å². The Bertz CT molecular complexity index is 1980. The number of nitrogens with two attached hydrogens (primary N) is 1. The van der Waals surface area contributed by atoms with Crippen LogP contribution in [0.25, 0.3) is 6.08 Å². The standard InChI is InChI=1S/C36H35NO14/c1-15-31(42)19(37)11-26(50-15)51-23-13-36(47,24(40)14-49-25(41)9-7-16-6-8-20(38)21(39)10-16)12-18-28(23)35(46)30-29(33(18)44)32(43)17-4-3-5-22(48-2)27(17)34(30)45/h3-10,15,19,23,26,31,38-39,42,44,46-47H,11-14,37H2,1-2H3/b9-7+/t15-,19-,23-,26-,31+,36-/m0/s1. The Hall–Kier alpha value is -5.32. The van der Waals surface area contributed by atoms with E-state index in [1.165, 1.54) is 49.6 Å². The summed E-state index contributed by atoms with van der Waals surface area (Å²) in [5.41, 5.74) is 2.25. The summed E-state index contributed by atoms with van der Waals surface area (Å²) in [5, 5.41) is 64.6. The molecule has 1 fully saturated rings. The number of ketones is 3. The van der Waals surface area contributed by atoms with Gasteiger partial charge in [-0.05, 0) is 36.8 Å². The fourth-order valence-corrected chi connectivity index (χ4v) is 6.73. The first-order chi connectivity index (χ1) is 24.1. The van der Waals surface area contributed by atoms with E-state index in [4.69, 9.17) is 24.7 Å². The molecule has 0 aromatic heterocycles. The average molecular weight is 706 g/mol. The van der Waals surface area contributed by atoms with E-state index in [2.05, 4.69) is 0 Å². The molecular formula is C36H35NO14. The first-order valence-corrected chi connectivity index (χ1v) is 15.9. The highest BCUT2D eigenvalue weighted by Gasteiger charge is 2.50. The predicted molar refractivity (Wildman–Crippen MR) is 174 cm³/mol. The minimum Gasteiger partial charge on any atom is -0.507 e. The van der Waals surface area contributed by atoms with Gasteiger partial charge in [-0.1, -0.05) is 18.2 Å².